The predicted octanol–water partition coefficient (Wildman–Crippen LogP) is 4.82. The minimum Gasteiger partial charge on any atom is -0.372 e. The lowest BCUT2D eigenvalue weighted by molar-refractivity contribution is -0.00522. The van der Waals surface area contributed by atoms with E-state index in [-0.39, 0.29) is 23.7 Å². The predicted molar refractivity (Wildman–Crippen MR) is 114 cm³/mol. The van der Waals surface area contributed by atoms with Crippen molar-refractivity contribution >= 4 is 28.1 Å². The van der Waals surface area contributed by atoms with Crippen LogP contribution >= 0.6 is 11.3 Å². The highest BCUT2D eigenvalue weighted by molar-refractivity contribution is 7.14. The van der Waals surface area contributed by atoms with Crippen LogP contribution in [0.3, 0.4) is 0 Å². The second kappa shape index (κ2) is 8.31. The number of carbonyl (C=O) groups excluding carboxylic acids is 1. The molecule has 4 rings (SSSR count). The number of rotatable bonds is 4. The molecule has 2 unspecified atom stereocenters. The van der Waals surface area contributed by atoms with Crippen molar-refractivity contribution in [2.24, 2.45) is 0 Å². The van der Waals surface area contributed by atoms with E-state index in [0.717, 1.165) is 29.5 Å². The fraction of sp³-hybridized carbons (Fsp3) is 0.273. The molecule has 2 heterocycles. The molecule has 1 fully saturated rings. The monoisotopic (exact) mass is 411 g/mol. The lowest BCUT2D eigenvalue weighted by Crippen LogP contribution is -2.45. The Balaban J connectivity index is 1.50. The van der Waals surface area contributed by atoms with E-state index in [4.69, 9.17) is 9.72 Å². The lowest BCUT2D eigenvalue weighted by Gasteiger charge is -2.35. The number of ether oxygens (including phenoxy) is 1. The van der Waals surface area contributed by atoms with Gasteiger partial charge in [0.15, 0.2) is 5.13 Å². The van der Waals surface area contributed by atoms with Crippen molar-refractivity contribution in [3.05, 3.63) is 65.3 Å². The lowest BCUT2D eigenvalue weighted by atomic mass is 10.1. The van der Waals surface area contributed by atoms with Crippen LogP contribution in [0.25, 0.3) is 11.3 Å². The first-order chi connectivity index (χ1) is 14.0. The average Bonchev–Trinajstić information content (AvgIpc) is 3.18. The van der Waals surface area contributed by atoms with Gasteiger partial charge in [0.1, 0.15) is 5.82 Å². The number of hydrogen-bond acceptors (Lipinski definition) is 5. The van der Waals surface area contributed by atoms with Crippen molar-refractivity contribution in [2.45, 2.75) is 26.1 Å². The minimum atomic E-state index is -0.437. The summed E-state index contributed by atoms with van der Waals surface area (Å²) in [6.07, 6.45) is 0.347. The number of hydrogen-bond donors (Lipinski definition) is 1. The summed E-state index contributed by atoms with van der Waals surface area (Å²) in [5.74, 6) is -0.787. The second-order valence-corrected chi connectivity index (χ2v) is 8.06. The molecule has 0 saturated carbocycles. The average molecular weight is 412 g/mol. The van der Waals surface area contributed by atoms with Crippen molar-refractivity contribution in [2.75, 3.05) is 23.3 Å². The Kier molecular flexibility index (Phi) is 5.60. The summed E-state index contributed by atoms with van der Waals surface area (Å²) in [6, 6.07) is 13.1. The number of thiazole rings is 1. The highest BCUT2D eigenvalue weighted by Crippen LogP contribution is 2.30. The summed E-state index contributed by atoms with van der Waals surface area (Å²) in [6.45, 7) is 5.78. The molecule has 1 aliphatic rings. The maximum absolute atomic E-state index is 13.4. The van der Waals surface area contributed by atoms with Gasteiger partial charge in [-0.2, -0.15) is 0 Å². The Hall–Kier alpha value is -2.77. The Morgan fingerprint density at radius 1 is 1.17 bits per heavy atom. The van der Waals surface area contributed by atoms with E-state index in [1.54, 1.807) is 23.5 Å². The van der Waals surface area contributed by atoms with E-state index in [1.165, 1.54) is 18.2 Å². The van der Waals surface area contributed by atoms with Gasteiger partial charge in [0.2, 0.25) is 0 Å². The van der Waals surface area contributed by atoms with Gasteiger partial charge in [0.05, 0.1) is 17.9 Å². The Morgan fingerprint density at radius 2 is 1.93 bits per heavy atom. The molecule has 1 amide bonds. The zero-order valence-electron chi connectivity index (χ0n) is 16.3. The van der Waals surface area contributed by atoms with Crippen molar-refractivity contribution in [3.63, 3.8) is 0 Å². The van der Waals surface area contributed by atoms with E-state index in [0.29, 0.717) is 5.69 Å². The molecule has 150 valence electrons. The van der Waals surface area contributed by atoms with Gasteiger partial charge in [-0.15, -0.1) is 11.3 Å². The summed E-state index contributed by atoms with van der Waals surface area (Å²) < 4.78 is 19.2. The number of amides is 1. The van der Waals surface area contributed by atoms with E-state index < -0.39 is 5.82 Å². The molecule has 1 N–H and O–H groups in total. The van der Waals surface area contributed by atoms with Gasteiger partial charge in [0, 0.05) is 35.3 Å². The van der Waals surface area contributed by atoms with Gasteiger partial charge in [-0.25, -0.2) is 9.37 Å². The van der Waals surface area contributed by atoms with Crippen LogP contribution in [0.5, 0.6) is 0 Å². The molecule has 2 aromatic carbocycles. The van der Waals surface area contributed by atoms with Crippen LogP contribution in [0.1, 0.15) is 24.2 Å². The van der Waals surface area contributed by atoms with E-state index in [2.05, 4.69) is 24.1 Å². The fourth-order valence-electron chi connectivity index (χ4n) is 3.47. The molecule has 5 nitrogen and oxygen atoms in total. The summed E-state index contributed by atoms with van der Waals surface area (Å²) in [5.41, 5.74) is 2.69. The molecule has 7 heteroatoms. The van der Waals surface area contributed by atoms with Crippen LogP contribution in [0.4, 0.5) is 15.2 Å². The quantitative estimate of drug-likeness (QED) is 0.669. The standard InChI is InChI=1S/C22H22FN3O2S/c1-14-11-26(12-15(2)28-14)22-25-20(13-29-22)16-5-4-8-19(10-16)24-21(27)17-6-3-7-18(23)9-17/h3-10,13-15H,11-12H2,1-2H3,(H,24,27). The molecule has 0 aliphatic carbocycles. The maximum Gasteiger partial charge on any atom is 0.255 e. The summed E-state index contributed by atoms with van der Waals surface area (Å²) in [5, 5.41) is 5.81. The molecule has 0 spiro atoms. The number of aromatic nitrogens is 1. The molecule has 1 aliphatic heterocycles. The van der Waals surface area contributed by atoms with Crippen LogP contribution in [0, 0.1) is 5.82 Å². The minimum absolute atomic E-state index is 0.174. The van der Waals surface area contributed by atoms with Crippen molar-refractivity contribution in [3.8, 4) is 11.3 Å². The summed E-state index contributed by atoms with van der Waals surface area (Å²) in [7, 11) is 0. The van der Waals surface area contributed by atoms with Gasteiger partial charge in [-0.3, -0.25) is 4.79 Å². The van der Waals surface area contributed by atoms with Gasteiger partial charge < -0.3 is 15.0 Å². The van der Waals surface area contributed by atoms with Crippen LogP contribution < -0.4 is 10.2 Å². The largest absolute Gasteiger partial charge is 0.372 e. The van der Waals surface area contributed by atoms with Gasteiger partial charge in [-0.05, 0) is 44.2 Å². The van der Waals surface area contributed by atoms with E-state index in [9.17, 15) is 9.18 Å². The number of morpholine rings is 1. The topological polar surface area (TPSA) is 54.5 Å². The van der Waals surface area contributed by atoms with Crippen molar-refractivity contribution < 1.29 is 13.9 Å². The number of carbonyl (C=O) groups is 1. The molecule has 1 saturated heterocycles. The molecule has 2 atom stereocenters. The molecule has 0 radical (unpaired) electrons. The second-order valence-electron chi connectivity index (χ2n) is 7.22. The summed E-state index contributed by atoms with van der Waals surface area (Å²) >= 11 is 1.60. The molecule has 3 aromatic rings. The van der Waals surface area contributed by atoms with Gasteiger partial charge >= 0.3 is 0 Å². The van der Waals surface area contributed by atoms with Gasteiger partial charge in [-0.1, -0.05) is 18.2 Å². The molecule has 1 aromatic heterocycles. The highest BCUT2D eigenvalue weighted by atomic mass is 32.1. The normalized spacial score (nSPS) is 19.2. The van der Waals surface area contributed by atoms with E-state index in [1.807, 2.05) is 23.6 Å². The van der Waals surface area contributed by atoms with Crippen LogP contribution in [-0.2, 0) is 4.74 Å². The first-order valence-corrected chi connectivity index (χ1v) is 10.4. The Bertz CT molecular complexity index is 1010. The molecule has 0 bridgehead atoms. The van der Waals surface area contributed by atoms with Gasteiger partial charge in [0.25, 0.3) is 5.91 Å². The first-order valence-electron chi connectivity index (χ1n) is 9.51. The Labute approximate surface area is 173 Å². The van der Waals surface area contributed by atoms with Crippen LogP contribution in [0.2, 0.25) is 0 Å². The van der Waals surface area contributed by atoms with Crippen LogP contribution in [0.15, 0.2) is 53.9 Å². The molecule has 29 heavy (non-hydrogen) atoms. The third kappa shape index (κ3) is 4.63. The van der Waals surface area contributed by atoms with E-state index >= 15 is 0 Å². The number of nitrogens with one attached hydrogen (secondary N) is 1. The third-order valence-corrected chi connectivity index (χ3v) is 5.59. The maximum atomic E-state index is 13.4. The SMILES string of the molecule is CC1CN(c2nc(-c3cccc(NC(=O)c4cccc(F)c4)c3)cs2)CC(C)O1. The zero-order valence-corrected chi connectivity index (χ0v) is 17.1. The number of benzene rings is 2. The van der Waals surface area contributed by atoms with Crippen molar-refractivity contribution in [1.82, 2.24) is 4.98 Å². The molecular formula is C22H22FN3O2S. The van der Waals surface area contributed by atoms with Crippen LogP contribution in [-0.4, -0.2) is 36.2 Å². The number of anilines is 2. The van der Waals surface area contributed by atoms with Crippen molar-refractivity contribution in [1.29, 1.82) is 0 Å². The molecular weight excluding hydrogens is 389 g/mol. The zero-order chi connectivity index (χ0) is 20.4. The smallest absolute Gasteiger partial charge is 0.255 e. The number of halogens is 1. The highest BCUT2D eigenvalue weighted by Gasteiger charge is 2.24. The summed E-state index contributed by atoms with van der Waals surface area (Å²) in [4.78, 5) is 19.4. The Morgan fingerprint density at radius 3 is 2.69 bits per heavy atom. The third-order valence-electron chi connectivity index (χ3n) is 4.69. The number of nitrogens with zero attached hydrogens (tertiary/aromatic N) is 2. The fourth-order valence-corrected chi connectivity index (χ4v) is 4.32. The first kappa shape index (κ1) is 19.5.